The summed E-state index contributed by atoms with van der Waals surface area (Å²) in [6.45, 7) is 0.764. The molecule has 1 unspecified atom stereocenters. The summed E-state index contributed by atoms with van der Waals surface area (Å²) in [5.74, 6) is 0.905. The first-order chi connectivity index (χ1) is 7.93. The Labute approximate surface area is 98.5 Å². The minimum absolute atomic E-state index is 0.486. The molecule has 1 N–H and O–H groups in total. The van der Waals surface area contributed by atoms with Crippen molar-refractivity contribution in [3.05, 3.63) is 39.9 Å². The zero-order valence-corrected chi connectivity index (χ0v) is 9.80. The molecule has 0 saturated heterocycles. The van der Waals surface area contributed by atoms with E-state index < -0.39 is 0 Å². The van der Waals surface area contributed by atoms with Crippen molar-refractivity contribution in [2.24, 2.45) is 0 Å². The van der Waals surface area contributed by atoms with Crippen LogP contribution in [-0.2, 0) is 13.0 Å². The van der Waals surface area contributed by atoms with Crippen molar-refractivity contribution in [1.82, 2.24) is 10.5 Å². The van der Waals surface area contributed by atoms with Crippen molar-refractivity contribution in [2.45, 2.75) is 31.8 Å². The SMILES string of the molecule is c1cc(CNC2CCCc3sccc32)on1. The van der Waals surface area contributed by atoms with Gasteiger partial charge in [0.25, 0.3) is 0 Å². The second kappa shape index (κ2) is 4.39. The molecule has 0 spiro atoms. The molecule has 2 aromatic rings. The summed E-state index contributed by atoms with van der Waals surface area (Å²) in [5, 5.41) is 9.44. The number of nitrogens with zero attached hydrogens (tertiary/aromatic N) is 1. The minimum atomic E-state index is 0.486. The lowest BCUT2D eigenvalue weighted by molar-refractivity contribution is 0.356. The summed E-state index contributed by atoms with van der Waals surface area (Å²) >= 11 is 1.88. The van der Waals surface area contributed by atoms with Gasteiger partial charge in [0, 0.05) is 17.0 Å². The molecular formula is C12H14N2OS. The summed E-state index contributed by atoms with van der Waals surface area (Å²) < 4.78 is 5.08. The minimum Gasteiger partial charge on any atom is -0.360 e. The third kappa shape index (κ3) is 1.90. The quantitative estimate of drug-likeness (QED) is 0.887. The van der Waals surface area contributed by atoms with E-state index in [-0.39, 0.29) is 0 Å². The van der Waals surface area contributed by atoms with E-state index in [2.05, 4.69) is 21.9 Å². The van der Waals surface area contributed by atoms with Gasteiger partial charge in [0.05, 0.1) is 12.7 Å². The topological polar surface area (TPSA) is 38.1 Å². The first-order valence-electron chi connectivity index (χ1n) is 5.62. The lowest BCUT2D eigenvalue weighted by Crippen LogP contribution is -2.23. The molecule has 16 heavy (non-hydrogen) atoms. The number of thiophene rings is 1. The molecule has 0 saturated carbocycles. The van der Waals surface area contributed by atoms with Gasteiger partial charge in [0.15, 0.2) is 0 Å². The molecule has 1 aliphatic carbocycles. The number of hydrogen-bond acceptors (Lipinski definition) is 4. The lowest BCUT2D eigenvalue weighted by atomic mass is 9.94. The maximum Gasteiger partial charge on any atom is 0.150 e. The van der Waals surface area contributed by atoms with Crippen LogP contribution in [0.2, 0.25) is 0 Å². The predicted molar refractivity (Wildman–Crippen MR) is 63.3 cm³/mol. The van der Waals surface area contributed by atoms with Crippen molar-refractivity contribution in [1.29, 1.82) is 0 Å². The maximum atomic E-state index is 5.08. The van der Waals surface area contributed by atoms with Gasteiger partial charge in [-0.05, 0) is 36.3 Å². The van der Waals surface area contributed by atoms with Crippen molar-refractivity contribution in [3.8, 4) is 0 Å². The summed E-state index contributed by atoms with van der Waals surface area (Å²) in [4.78, 5) is 1.54. The van der Waals surface area contributed by atoms with Crippen LogP contribution < -0.4 is 5.32 Å². The molecule has 2 heterocycles. The second-order valence-electron chi connectivity index (χ2n) is 4.10. The molecule has 0 radical (unpaired) electrons. The highest BCUT2D eigenvalue weighted by Crippen LogP contribution is 2.33. The highest BCUT2D eigenvalue weighted by Gasteiger charge is 2.20. The van der Waals surface area contributed by atoms with Gasteiger partial charge in [0.1, 0.15) is 5.76 Å². The van der Waals surface area contributed by atoms with E-state index in [9.17, 15) is 0 Å². The van der Waals surface area contributed by atoms with E-state index in [1.807, 2.05) is 17.4 Å². The van der Waals surface area contributed by atoms with Crippen LogP contribution in [0.25, 0.3) is 0 Å². The fourth-order valence-corrected chi connectivity index (χ4v) is 3.24. The Morgan fingerprint density at radius 3 is 3.38 bits per heavy atom. The molecule has 3 rings (SSSR count). The monoisotopic (exact) mass is 234 g/mol. The highest BCUT2D eigenvalue weighted by molar-refractivity contribution is 7.10. The molecule has 3 nitrogen and oxygen atoms in total. The van der Waals surface area contributed by atoms with Crippen LogP contribution in [0, 0.1) is 0 Å². The van der Waals surface area contributed by atoms with Crippen LogP contribution in [0.15, 0.2) is 28.2 Å². The second-order valence-corrected chi connectivity index (χ2v) is 5.10. The summed E-state index contributed by atoms with van der Waals surface area (Å²) in [7, 11) is 0. The number of aryl methyl sites for hydroxylation is 1. The van der Waals surface area contributed by atoms with Gasteiger partial charge >= 0.3 is 0 Å². The number of fused-ring (bicyclic) bond motifs is 1. The van der Waals surface area contributed by atoms with Crippen LogP contribution in [0.5, 0.6) is 0 Å². The Kier molecular flexibility index (Phi) is 2.76. The number of rotatable bonds is 3. The van der Waals surface area contributed by atoms with Gasteiger partial charge in [-0.2, -0.15) is 0 Å². The molecule has 1 aliphatic rings. The van der Waals surface area contributed by atoms with Crippen LogP contribution in [-0.4, -0.2) is 5.16 Å². The zero-order valence-electron chi connectivity index (χ0n) is 8.98. The van der Waals surface area contributed by atoms with Gasteiger partial charge in [-0.1, -0.05) is 5.16 Å². The molecule has 0 aliphatic heterocycles. The van der Waals surface area contributed by atoms with Gasteiger partial charge < -0.3 is 9.84 Å². The zero-order chi connectivity index (χ0) is 10.8. The summed E-state index contributed by atoms with van der Waals surface area (Å²) in [5.41, 5.74) is 1.48. The Balaban J connectivity index is 1.69. The maximum absolute atomic E-state index is 5.08. The molecule has 0 amide bonds. The van der Waals surface area contributed by atoms with E-state index in [1.165, 1.54) is 24.8 Å². The van der Waals surface area contributed by atoms with Gasteiger partial charge in [-0.25, -0.2) is 0 Å². The van der Waals surface area contributed by atoms with Crippen molar-refractivity contribution >= 4 is 11.3 Å². The Hall–Kier alpha value is -1.13. The Morgan fingerprint density at radius 2 is 2.50 bits per heavy atom. The number of hydrogen-bond donors (Lipinski definition) is 1. The molecule has 84 valence electrons. The first kappa shape index (κ1) is 10.1. The number of aromatic nitrogens is 1. The average molecular weight is 234 g/mol. The third-order valence-corrected chi connectivity index (χ3v) is 4.06. The van der Waals surface area contributed by atoms with E-state index in [4.69, 9.17) is 4.52 Å². The molecule has 0 fully saturated rings. The fourth-order valence-electron chi connectivity index (χ4n) is 2.26. The summed E-state index contributed by atoms with van der Waals surface area (Å²) in [6.07, 6.45) is 5.43. The first-order valence-corrected chi connectivity index (χ1v) is 6.50. The van der Waals surface area contributed by atoms with Crippen molar-refractivity contribution in [2.75, 3.05) is 0 Å². The lowest BCUT2D eigenvalue weighted by Gasteiger charge is -2.23. The molecule has 1 atom stereocenters. The number of nitrogens with one attached hydrogen (secondary N) is 1. The Bertz CT molecular complexity index is 449. The molecule has 2 aromatic heterocycles. The summed E-state index contributed by atoms with van der Waals surface area (Å²) in [6, 6.07) is 4.64. The van der Waals surface area contributed by atoms with Crippen LogP contribution in [0.3, 0.4) is 0 Å². The largest absolute Gasteiger partial charge is 0.360 e. The highest BCUT2D eigenvalue weighted by atomic mass is 32.1. The van der Waals surface area contributed by atoms with Crippen LogP contribution in [0.4, 0.5) is 0 Å². The van der Waals surface area contributed by atoms with Gasteiger partial charge in [-0.3, -0.25) is 0 Å². The standard InChI is InChI=1S/C12H14N2OS/c1-2-11(10-5-7-16-12(10)3-1)13-8-9-4-6-14-15-9/h4-7,11,13H,1-3,8H2. The van der Waals surface area contributed by atoms with E-state index >= 15 is 0 Å². The molecule has 0 bridgehead atoms. The van der Waals surface area contributed by atoms with Gasteiger partial charge in [-0.15, -0.1) is 11.3 Å². The van der Waals surface area contributed by atoms with Crippen molar-refractivity contribution in [3.63, 3.8) is 0 Å². The normalized spacial score (nSPS) is 19.6. The third-order valence-electron chi connectivity index (χ3n) is 3.07. The van der Waals surface area contributed by atoms with Crippen LogP contribution >= 0.6 is 11.3 Å². The molecule has 4 heteroatoms. The van der Waals surface area contributed by atoms with E-state index in [0.717, 1.165) is 12.3 Å². The van der Waals surface area contributed by atoms with E-state index in [0.29, 0.717) is 6.04 Å². The molecule has 0 aromatic carbocycles. The molecular weight excluding hydrogens is 220 g/mol. The predicted octanol–water partition coefficient (Wildman–Crippen LogP) is 2.90. The fraction of sp³-hybridized carbons (Fsp3) is 0.417. The van der Waals surface area contributed by atoms with E-state index in [1.54, 1.807) is 11.1 Å². The average Bonchev–Trinajstić information content (AvgIpc) is 2.97. The smallest absolute Gasteiger partial charge is 0.150 e. The van der Waals surface area contributed by atoms with Gasteiger partial charge in [0.2, 0.25) is 0 Å². The Morgan fingerprint density at radius 1 is 1.50 bits per heavy atom. The van der Waals surface area contributed by atoms with Crippen molar-refractivity contribution < 1.29 is 4.52 Å². The van der Waals surface area contributed by atoms with Crippen LogP contribution in [0.1, 0.15) is 35.1 Å².